The number of hydrogen-bond acceptors (Lipinski definition) is 3. The Bertz CT molecular complexity index is 660. The van der Waals surface area contributed by atoms with Gasteiger partial charge in [0.05, 0.1) is 4.90 Å². The van der Waals surface area contributed by atoms with Gasteiger partial charge in [0.25, 0.3) is 0 Å². The summed E-state index contributed by atoms with van der Waals surface area (Å²) in [6, 6.07) is 4.53. The van der Waals surface area contributed by atoms with E-state index in [1.165, 1.54) is 10.4 Å². The third-order valence-corrected chi connectivity index (χ3v) is 5.45. The molecule has 6 nitrogen and oxygen atoms in total. The minimum Gasteiger partial charge on any atom is -0.333 e. The third kappa shape index (κ3) is 5.21. The zero-order valence-electron chi connectivity index (χ0n) is 14.7. The molecule has 0 aliphatic carbocycles. The van der Waals surface area contributed by atoms with Crippen molar-refractivity contribution in [1.29, 1.82) is 0 Å². The first-order valence-electron chi connectivity index (χ1n) is 7.71. The first-order valence-corrected chi connectivity index (χ1v) is 9.15. The lowest BCUT2D eigenvalue weighted by Crippen LogP contribution is -2.43. The maximum absolute atomic E-state index is 12.7. The maximum atomic E-state index is 12.7. The molecule has 2 amide bonds. The molecule has 0 spiro atoms. The summed E-state index contributed by atoms with van der Waals surface area (Å²) in [5, 5.41) is 5.46. The van der Waals surface area contributed by atoms with Gasteiger partial charge in [-0.05, 0) is 45.4 Å². The summed E-state index contributed by atoms with van der Waals surface area (Å²) in [7, 11) is -3.56. The fourth-order valence-corrected chi connectivity index (χ4v) is 3.87. The van der Waals surface area contributed by atoms with E-state index in [0.29, 0.717) is 24.3 Å². The smallest absolute Gasteiger partial charge is 0.319 e. The standard InChI is InChI=1S/C16H27N3O3S/c1-7-19(8-2)23(21,22)14-11-13(10-9-12(14)3)17-15(20)18-16(4,5)6/h9-11H,7-8H2,1-6H3,(H2,17,18,20). The molecule has 0 atom stereocenters. The van der Waals surface area contributed by atoms with E-state index in [4.69, 9.17) is 0 Å². The first kappa shape index (κ1) is 19.4. The number of sulfonamides is 1. The molecule has 0 saturated heterocycles. The molecule has 0 radical (unpaired) electrons. The minimum atomic E-state index is -3.56. The SMILES string of the molecule is CCN(CC)S(=O)(=O)c1cc(NC(=O)NC(C)(C)C)ccc1C. The second kappa shape index (κ2) is 7.31. The Morgan fingerprint density at radius 1 is 1.17 bits per heavy atom. The second-order valence-corrected chi connectivity index (χ2v) is 8.31. The quantitative estimate of drug-likeness (QED) is 0.864. The van der Waals surface area contributed by atoms with Crippen molar-refractivity contribution in [1.82, 2.24) is 9.62 Å². The van der Waals surface area contributed by atoms with Crippen LogP contribution in [0.4, 0.5) is 10.5 Å². The molecule has 23 heavy (non-hydrogen) atoms. The molecule has 0 saturated carbocycles. The van der Waals surface area contributed by atoms with Crippen LogP contribution >= 0.6 is 0 Å². The molecule has 130 valence electrons. The normalized spacial score (nSPS) is 12.3. The molecule has 0 fully saturated rings. The van der Waals surface area contributed by atoms with Crippen LogP contribution in [0.25, 0.3) is 0 Å². The van der Waals surface area contributed by atoms with Crippen molar-refractivity contribution in [2.24, 2.45) is 0 Å². The van der Waals surface area contributed by atoms with Crippen LogP contribution in [-0.2, 0) is 10.0 Å². The summed E-state index contributed by atoms with van der Waals surface area (Å²) < 4.78 is 26.8. The Morgan fingerprint density at radius 3 is 2.22 bits per heavy atom. The lowest BCUT2D eigenvalue weighted by molar-refractivity contribution is 0.244. The molecule has 2 N–H and O–H groups in total. The zero-order chi connectivity index (χ0) is 17.8. The molecule has 1 aromatic carbocycles. The van der Waals surface area contributed by atoms with Crippen LogP contribution in [0.3, 0.4) is 0 Å². The van der Waals surface area contributed by atoms with E-state index < -0.39 is 10.0 Å². The van der Waals surface area contributed by atoms with E-state index in [0.717, 1.165) is 0 Å². The van der Waals surface area contributed by atoms with Gasteiger partial charge in [0.2, 0.25) is 10.0 Å². The van der Waals surface area contributed by atoms with Crippen molar-refractivity contribution < 1.29 is 13.2 Å². The molecular weight excluding hydrogens is 314 g/mol. The maximum Gasteiger partial charge on any atom is 0.319 e. The lowest BCUT2D eigenvalue weighted by atomic mass is 10.1. The Kier molecular flexibility index (Phi) is 6.18. The van der Waals surface area contributed by atoms with Gasteiger partial charge in [0, 0.05) is 24.3 Å². The fraction of sp³-hybridized carbons (Fsp3) is 0.562. The van der Waals surface area contributed by atoms with Crippen molar-refractivity contribution in [2.75, 3.05) is 18.4 Å². The van der Waals surface area contributed by atoms with Crippen LogP contribution < -0.4 is 10.6 Å². The van der Waals surface area contributed by atoms with E-state index in [-0.39, 0.29) is 16.5 Å². The van der Waals surface area contributed by atoms with Crippen LogP contribution in [0.15, 0.2) is 23.1 Å². The van der Waals surface area contributed by atoms with E-state index in [1.807, 2.05) is 20.8 Å². The number of hydrogen-bond donors (Lipinski definition) is 2. The summed E-state index contributed by atoms with van der Waals surface area (Å²) in [5.74, 6) is 0. The average Bonchev–Trinajstić information content (AvgIpc) is 2.39. The third-order valence-electron chi connectivity index (χ3n) is 3.26. The summed E-state index contributed by atoms with van der Waals surface area (Å²) in [6.07, 6.45) is 0. The zero-order valence-corrected chi connectivity index (χ0v) is 15.5. The molecule has 0 aliphatic heterocycles. The van der Waals surface area contributed by atoms with Crippen LogP contribution in [0.2, 0.25) is 0 Å². The van der Waals surface area contributed by atoms with Crippen molar-refractivity contribution >= 4 is 21.7 Å². The highest BCUT2D eigenvalue weighted by molar-refractivity contribution is 7.89. The first-order chi connectivity index (χ1) is 10.5. The van der Waals surface area contributed by atoms with Gasteiger partial charge >= 0.3 is 6.03 Å². The van der Waals surface area contributed by atoms with Crippen molar-refractivity contribution in [3.05, 3.63) is 23.8 Å². The van der Waals surface area contributed by atoms with Gasteiger partial charge < -0.3 is 10.6 Å². The summed E-state index contributed by atoms with van der Waals surface area (Å²) in [6.45, 7) is 11.8. The van der Waals surface area contributed by atoms with Gasteiger partial charge in [-0.25, -0.2) is 13.2 Å². The number of urea groups is 1. The number of carbonyl (C=O) groups excluding carboxylic acids is 1. The highest BCUT2D eigenvalue weighted by Crippen LogP contribution is 2.23. The van der Waals surface area contributed by atoms with Gasteiger partial charge in [-0.15, -0.1) is 0 Å². The highest BCUT2D eigenvalue weighted by Gasteiger charge is 2.24. The average molecular weight is 341 g/mol. The molecule has 0 aromatic heterocycles. The predicted octanol–water partition coefficient (Wildman–Crippen LogP) is 2.95. The van der Waals surface area contributed by atoms with Gasteiger partial charge in [0.15, 0.2) is 0 Å². The summed E-state index contributed by atoms with van der Waals surface area (Å²) in [4.78, 5) is 12.2. The number of anilines is 1. The highest BCUT2D eigenvalue weighted by atomic mass is 32.2. The Hall–Kier alpha value is -1.60. The van der Waals surface area contributed by atoms with E-state index >= 15 is 0 Å². The molecule has 1 aromatic rings. The topological polar surface area (TPSA) is 78.5 Å². The van der Waals surface area contributed by atoms with Crippen molar-refractivity contribution in [3.63, 3.8) is 0 Å². The second-order valence-electron chi connectivity index (χ2n) is 6.40. The Balaban J connectivity index is 3.12. The molecule has 0 unspecified atom stereocenters. The van der Waals surface area contributed by atoms with Crippen LogP contribution in [-0.4, -0.2) is 37.4 Å². The van der Waals surface area contributed by atoms with Gasteiger partial charge in [-0.2, -0.15) is 4.31 Å². The fourth-order valence-electron chi connectivity index (χ4n) is 2.16. The number of amides is 2. The monoisotopic (exact) mass is 341 g/mol. The molecule has 7 heteroatoms. The number of benzene rings is 1. The number of aryl methyl sites for hydroxylation is 1. The van der Waals surface area contributed by atoms with Gasteiger partial charge in [-0.1, -0.05) is 19.9 Å². The predicted molar refractivity (Wildman–Crippen MR) is 93.2 cm³/mol. The van der Waals surface area contributed by atoms with Crippen molar-refractivity contribution in [3.8, 4) is 0 Å². The number of nitrogens with one attached hydrogen (secondary N) is 2. The largest absolute Gasteiger partial charge is 0.333 e. The Morgan fingerprint density at radius 2 is 1.74 bits per heavy atom. The number of carbonyl (C=O) groups is 1. The van der Waals surface area contributed by atoms with Gasteiger partial charge in [0.1, 0.15) is 0 Å². The molecule has 1 rings (SSSR count). The molecule has 0 heterocycles. The van der Waals surface area contributed by atoms with E-state index in [9.17, 15) is 13.2 Å². The van der Waals surface area contributed by atoms with Gasteiger partial charge in [-0.3, -0.25) is 0 Å². The van der Waals surface area contributed by atoms with E-state index in [2.05, 4.69) is 10.6 Å². The van der Waals surface area contributed by atoms with E-state index in [1.54, 1.807) is 32.9 Å². The lowest BCUT2D eigenvalue weighted by Gasteiger charge is -2.22. The number of nitrogens with zero attached hydrogens (tertiary/aromatic N) is 1. The summed E-state index contributed by atoms with van der Waals surface area (Å²) >= 11 is 0. The van der Waals surface area contributed by atoms with Crippen LogP contribution in [0.1, 0.15) is 40.2 Å². The van der Waals surface area contributed by atoms with Crippen molar-refractivity contribution in [2.45, 2.75) is 52.0 Å². The molecular formula is C16H27N3O3S. The molecule has 0 aliphatic rings. The van der Waals surface area contributed by atoms with Crippen LogP contribution in [0.5, 0.6) is 0 Å². The minimum absolute atomic E-state index is 0.217. The Labute approximate surface area is 139 Å². The summed E-state index contributed by atoms with van der Waals surface area (Å²) in [5.41, 5.74) is 0.729. The molecule has 0 bridgehead atoms. The number of rotatable bonds is 5. The van der Waals surface area contributed by atoms with Crippen LogP contribution in [0, 0.1) is 6.92 Å².